The molecule has 1 radical (unpaired) electrons. The maximum absolute atomic E-state index is 10.2. The molecule has 1 aliphatic heterocycles. The molecule has 1 unspecified atom stereocenters. The van der Waals surface area contributed by atoms with Gasteiger partial charge in [0.1, 0.15) is 0 Å². The van der Waals surface area contributed by atoms with E-state index in [1.807, 2.05) is 0 Å². The van der Waals surface area contributed by atoms with Gasteiger partial charge in [0.2, 0.25) is 0 Å². The van der Waals surface area contributed by atoms with Crippen molar-refractivity contribution in [2.24, 2.45) is 0 Å². The molecule has 1 atom stereocenters. The second-order valence-electron chi connectivity index (χ2n) is 3.39. The SMILES string of the molecule is CC1CN(CCCC[O])CCO1. The molecule has 0 aliphatic carbocycles. The van der Waals surface area contributed by atoms with Crippen molar-refractivity contribution >= 4 is 0 Å². The first-order valence-electron chi connectivity index (χ1n) is 4.75. The number of nitrogens with zero attached hydrogens (tertiary/aromatic N) is 1. The summed E-state index contributed by atoms with van der Waals surface area (Å²) >= 11 is 0. The van der Waals surface area contributed by atoms with E-state index >= 15 is 0 Å². The lowest BCUT2D eigenvalue weighted by Gasteiger charge is -2.30. The predicted molar refractivity (Wildman–Crippen MR) is 46.6 cm³/mol. The highest BCUT2D eigenvalue weighted by Crippen LogP contribution is 2.05. The zero-order valence-corrected chi connectivity index (χ0v) is 7.79. The van der Waals surface area contributed by atoms with E-state index in [-0.39, 0.29) is 6.61 Å². The van der Waals surface area contributed by atoms with Crippen molar-refractivity contribution in [1.82, 2.24) is 4.90 Å². The summed E-state index contributed by atoms with van der Waals surface area (Å²) in [7, 11) is 0. The number of ether oxygens (including phenoxy) is 1. The van der Waals surface area contributed by atoms with Gasteiger partial charge in [-0.3, -0.25) is 4.90 Å². The molecule has 1 rings (SSSR count). The maximum atomic E-state index is 10.2. The molecule has 0 aromatic heterocycles. The van der Waals surface area contributed by atoms with Crippen molar-refractivity contribution in [3.05, 3.63) is 0 Å². The number of unbranched alkanes of at least 4 members (excludes halogenated alkanes) is 1. The Morgan fingerprint density at radius 3 is 3.00 bits per heavy atom. The molecule has 1 fully saturated rings. The molecule has 0 aromatic carbocycles. The molecule has 0 saturated carbocycles. The Hall–Kier alpha value is -0.120. The average molecular weight is 172 g/mol. The van der Waals surface area contributed by atoms with Crippen LogP contribution in [0.3, 0.4) is 0 Å². The standard InChI is InChI=1S/C9H18NO2/c1-9-8-10(5-7-12-9)4-2-3-6-11/h9H,2-8H2,1H3. The topological polar surface area (TPSA) is 32.4 Å². The third kappa shape index (κ3) is 3.52. The smallest absolute Gasteiger partial charge is 0.0822 e. The molecule has 0 N–H and O–H groups in total. The lowest BCUT2D eigenvalue weighted by atomic mass is 10.2. The molecule has 1 saturated heterocycles. The Labute approximate surface area is 74.3 Å². The summed E-state index contributed by atoms with van der Waals surface area (Å²) < 4.78 is 5.41. The van der Waals surface area contributed by atoms with Gasteiger partial charge in [0, 0.05) is 13.1 Å². The summed E-state index contributed by atoms with van der Waals surface area (Å²) in [6, 6.07) is 0. The Kier molecular flexibility index (Phi) is 4.58. The Balaban J connectivity index is 2.06. The van der Waals surface area contributed by atoms with Crippen LogP contribution in [-0.4, -0.2) is 43.9 Å². The van der Waals surface area contributed by atoms with E-state index in [1.165, 1.54) is 0 Å². The van der Waals surface area contributed by atoms with Crippen LogP contribution in [0.2, 0.25) is 0 Å². The number of rotatable bonds is 4. The molecule has 3 heteroatoms. The third-order valence-corrected chi connectivity index (χ3v) is 2.19. The van der Waals surface area contributed by atoms with Crippen LogP contribution in [0.5, 0.6) is 0 Å². The normalized spacial score (nSPS) is 26.0. The van der Waals surface area contributed by atoms with Gasteiger partial charge >= 0.3 is 0 Å². The van der Waals surface area contributed by atoms with Gasteiger partial charge in [0.15, 0.2) is 0 Å². The molecule has 3 nitrogen and oxygen atoms in total. The van der Waals surface area contributed by atoms with Gasteiger partial charge in [-0.2, -0.15) is 0 Å². The van der Waals surface area contributed by atoms with Gasteiger partial charge in [-0.15, -0.1) is 0 Å². The predicted octanol–water partition coefficient (Wildman–Crippen LogP) is 0.918. The Bertz CT molecular complexity index is 119. The molecule has 12 heavy (non-hydrogen) atoms. The van der Waals surface area contributed by atoms with E-state index in [4.69, 9.17) is 4.74 Å². The summed E-state index contributed by atoms with van der Waals surface area (Å²) in [5.41, 5.74) is 0. The highest BCUT2D eigenvalue weighted by Gasteiger charge is 2.15. The van der Waals surface area contributed by atoms with E-state index in [2.05, 4.69) is 11.8 Å². The first-order valence-corrected chi connectivity index (χ1v) is 4.75. The van der Waals surface area contributed by atoms with Crippen LogP contribution in [0.25, 0.3) is 0 Å². The first kappa shape index (κ1) is 9.96. The Morgan fingerprint density at radius 2 is 2.33 bits per heavy atom. The molecular weight excluding hydrogens is 154 g/mol. The maximum Gasteiger partial charge on any atom is 0.0822 e. The average Bonchev–Trinajstić information content (AvgIpc) is 2.05. The second-order valence-corrected chi connectivity index (χ2v) is 3.39. The molecule has 0 amide bonds. The van der Waals surface area contributed by atoms with Gasteiger partial charge in [0.25, 0.3) is 0 Å². The lowest BCUT2D eigenvalue weighted by molar-refractivity contribution is -0.0190. The van der Waals surface area contributed by atoms with E-state index < -0.39 is 0 Å². The second kappa shape index (κ2) is 5.51. The van der Waals surface area contributed by atoms with E-state index in [0.29, 0.717) is 6.10 Å². The molecular formula is C9H18NO2. The summed E-state index contributed by atoms with van der Waals surface area (Å²) in [6.45, 7) is 6.14. The van der Waals surface area contributed by atoms with Crippen LogP contribution in [-0.2, 0) is 9.84 Å². The van der Waals surface area contributed by atoms with E-state index in [9.17, 15) is 5.11 Å². The van der Waals surface area contributed by atoms with Crippen molar-refractivity contribution in [2.75, 3.05) is 32.8 Å². The number of hydrogen-bond acceptors (Lipinski definition) is 2. The monoisotopic (exact) mass is 172 g/mol. The van der Waals surface area contributed by atoms with Gasteiger partial charge in [0.05, 0.1) is 19.3 Å². The summed E-state index contributed by atoms with van der Waals surface area (Å²) in [4.78, 5) is 2.38. The first-order chi connectivity index (χ1) is 5.83. The molecule has 0 spiro atoms. The van der Waals surface area contributed by atoms with Gasteiger partial charge < -0.3 is 4.74 Å². The van der Waals surface area contributed by atoms with Crippen molar-refractivity contribution in [3.8, 4) is 0 Å². The van der Waals surface area contributed by atoms with Crippen LogP contribution in [0.4, 0.5) is 0 Å². The van der Waals surface area contributed by atoms with Crippen LogP contribution in [0.1, 0.15) is 19.8 Å². The largest absolute Gasteiger partial charge is 0.376 e. The highest BCUT2D eigenvalue weighted by atomic mass is 16.5. The molecule has 0 bridgehead atoms. The van der Waals surface area contributed by atoms with Gasteiger partial charge in [-0.1, -0.05) is 0 Å². The van der Waals surface area contributed by atoms with Crippen molar-refractivity contribution in [3.63, 3.8) is 0 Å². The van der Waals surface area contributed by atoms with Crippen LogP contribution < -0.4 is 0 Å². The molecule has 0 aromatic rings. The molecule has 71 valence electrons. The summed E-state index contributed by atoms with van der Waals surface area (Å²) in [5.74, 6) is 0. The van der Waals surface area contributed by atoms with Crippen molar-refractivity contribution in [1.29, 1.82) is 0 Å². The third-order valence-electron chi connectivity index (χ3n) is 2.19. The fourth-order valence-corrected chi connectivity index (χ4v) is 1.53. The van der Waals surface area contributed by atoms with E-state index in [0.717, 1.165) is 39.1 Å². The van der Waals surface area contributed by atoms with Gasteiger partial charge in [-0.25, -0.2) is 5.11 Å². The Morgan fingerprint density at radius 1 is 1.50 bits per heavy atom. The fourth-order valence-electron chi connectivity index (χ4n) is 1.53. The van der Waals surface area contributed by atoms with Crippen molar-refractivity contribution in [2.45, 2.75) is 25.9 Å². The summed E-state index contributed by atoms with van der Waals surface area (Å²) in [5, 5.41) is 10.2. The number of hydrogen-bond donors (Lipinski definition) is 0. The van der Waals surface area contributed by atoms with Crippen LogP contribution in [0.15, 0.2) is 0 Å². The van der Waals surface area contributed by atoms with Gasteiger partial charge in [-0.05, 0) is 26.3 Å². The zero-order valence-electron chi connectivity index (χ0n) is 7.79. The molecule has 1 aliphatic rings. The minimum absolute atomic E-state index is 0.0693. The van der Waals surface area contributed by atoms with Crippen molar-refractivity contribution < 1.29 is 9.84 Å². The van der Waals surface area contributed by atoms with Crippen LogP contribution in [0, 0.1) is 0 Å². The minimum Gasteiger partial charge on any atom is -0.376 e. The lowest BCUT2D eigenvalue weighted by Crippen LogP contribution is -2.41. The quantitative estimate of drug-likeness (QED) is 0.591. The molecule has 1 heterocycles. The summed E-state index contributed by atoms with van der Waals surface area (Å²) in [6.07, 6.45) is 2.22. The highest BCUT2D eigenvalue weighted by molar-refractivity contribution is 4.67. The van der Waals surface area contributed by atoms with Crippen LogP contribution >= 0.6 is 0 Å². The minimum atomic E-state index is 0.0693. The number of morpholine rings is 1. The van der Waals surface area contributed by atoms with E-state index in [1.54, 1.807) is 0 Å². The fraction of sp³-hybridized carbons (Fsp3) is 1.00. The zero-order chi connectivity index (χ0) is 8.81.